The number of imidazole rings is 1. The molecule has 112 valence electrons. The number of para-hydroxylation sites is 1. The maximum atomic E-state index is 5.61. The van der Waals surface area contributed by atoms with E-state index in [2.05, 4.69) is 46.1 Å². The molecule has 2 heterocycles. The highest BCUT2D eigenvalue weighted by Crippen LogP contribution is 2.20. The summed E-state index contributed by atoms with van der Waals surface area (Å²) in [6, 6.07) is 10.4. The van der Waals surface area contributed by atoms with Crippen molar-refractivity contribution in [3.05, 3.63) is 48.0 Å². The standard InChI is InChI=1S/C17H23N3O/c1-14-18-11-16(20(14)15-7-4-3-5-8-15)12-19-17(2)9-6-10-21-13-17/h3-5,7-8,11,19H,6,9-10,12-13H2,1-2H3. The van der Waals surface area contributed by atoms with Gasteiger partial charge in [0.25, 0.3) is 0 Å². The van der Waals surface area contributed by atoms with Crippen LogP contribution in [0.4, 0.5) is 0 Å². The van der Waals surface area contributed by atoms with Crippen molar-refractivity contribution in [2.75, 3.05) is 13.2 Å². The van der Waals surface area contributed by atoms with Gasteiger partial charge in [-0.3, -0.25) is 4.57 Å². The molecule has 1 unspecified atom stereocenters. The highest BCUT2D eigenvalue weighted by atomic mass is 16.5. The number of hydrogen-bond acceptors (Lipinski definition) is 3. The molecule has 0 saturated carbocycles. The van der Waals surface area contributed by atoms with Crippen LogP contribution in [0.3, 0.4) is 0 Å². The van der Waals surface area contributed by atoms with Gasteiger partial charge in [0.15, 0.2) is 0 Å². The Morgan fingerprint density at radius 2 is 2.14 bits per heavy atom. The summed E-state index contributed by atoms with van der Waals surface area (Å²) >= 11 is 0. The van der Waals surface area contributed by atoms with Gasteiger partial charge in [-0.25, -0.2) is 4.98 Å². The summed E-state index contributed by atoms with van der Waals surface area (Å²) in [5, 5.41) is 3.65. The van der Waals surface area contributed by atoms with E-state index in [0.29, 0.717) is 0 Å². The zero-order valence-electron chi connectivity index (χ0n) is 12.8. The summed E-state index contributed by atoms with van der Waals surface area (Å²) in [5.74, 6) is 1.02. The molecule has 4 nitrogen and oxygen atoms in total. The van der Waals surface area contributed by atoms with Crippen molar-refractivity contribution in [2.45, 2.75) is 38.8 Å². The zero-order valence-corrected chi connectivity index (χ0v) is 12.8. The molecule has 21 heavy (non-hydrogen) atoms. The van der Waals surface area contributed by atoms with Crippen LogP contribution in [0.5, 0.6) is 0 Å². The zero-order chi connectivity index (χ0) is 14.7. The van der Waals surface area contributed by atoms with Crippen LogP contribution in [0, 0.1) is 6.92 Å². The molecule has 0 radical (unpaired) electrons. The monoisotopic (exact) mass is 285 g/mol. The number of ether oxygens (including phenoxy) is 1. The van der Waals surface area contributed by atoms with Gasteiger partial charge in [0.1, 0.15) is 5.82 Å². The van der Waals surface area contributed by atoms with Gasteiger partial charge in [0.2, 0.25) is 0 Å². The molecule has 1 aliphatic heterocycles. The lowest BCUT2D eigenvalue weighted by Gasteiger charge is -2.34. The van der Waals surface area contributed by atoms with E-state index in [9.17, 15) is 0 Å². The minimum atomic E-state index is 0.0674. The van der Waals surface area contributed by atoms with Crippen LogP contribution < -0.4 is 5.32 Å². The van der Waals surface area contributed by atoms with Gasteiger partial charge in [0.05, 0.1) is 18.5 Å². The Labute approximate surface area is 126 Å². The molecule has 0 bridgehead atoms. The molecule has 1 atom stereocenters. The molecule has 1 saturated heterocycles. The first-order chi connectivity index (χ1) is 10.2. The van der Waals surface area contributed by atoms with Crippen molar-refractivity contribution in [1.29, 1.82) is 0 Å². The highest BCUT2D eigenvalue weighted by molar-refractivity contribution is 5.35. The molecule has 0 spiro atoms. The number of nitrogens with zero attached hydrogens (tertiary/aromatic N) is 2. The van der Waals surface area contributed by atoms with Crippen LogP contribution in [0.25, 0.3) is 5.69 Å². The molecule has 1 fully saturated rings. The van der Waals surface area contributed by atoms with E-state index >= 15 is 0 Å². The van der Waals surface area contributed by atoms with Crippen molar-refractivity contribution < 1.29 is 4.74 Å². The fourth-order valence-corrected chi connectivity index (χ4v) is 2.92. The molecule has 1 aromatic heterocycles. The highest BCUT2D eigenvalue weighted by Gasteiger charge is 2.27. The topological polar surface area (TPSA) is 39.1 Å². The first kappa shape index (κ1) is 14.3. The largest absolute Gasteiger partial charge is 0.380 e. The van der Waals surface area contributed by atoms with E-state index in [1.54, 1.807) is 0 Å². The maximum absolute atomic E-state index is 5.61. The van der Waals surface area contributed by atoms with E-state index in [4.69, 9.17) is 4.74 Å². The number of rotatable bonds is 4. The van der Waals surface area contributed by atoms with Crippen LogP contribution in [0.1, 0.15) is 31.3 Å². The van der Waals surface area contributed by atoms with Gasteiger partial charge < -0.3 is 10.1 Å². The second kappa shape index (κ2) is 6.00. The number of benzene rings is 1. The summed E-state index contributed by atoms with van der Waals surface area (Å²) in [7, 11) is 0. The van der Waals surface area contributed by atoms with Gasteiger partial charge in [-0.1, -0.05) is 18.2 Å². The number of hydrogen-bond donors (Lipinski definition) is 1. The van der Waals surface area contributed by atoms with Crippen molar-refractivity contribution >= 4 is 0 Å². The smallest absolute Gasteiger partial charge is 0.110 e. The van der Waals surface area contributed by atoms with E-state index in [1.807, 2.05) is 19.2 Å². The molecule has 4 heteroatoms. The van der Waals surface area contributed by atoms with E-state index in [-0.39, 0.29) is 5.54 Å². The number of aromatic nitrogens is 2. The average Bonchev–Trinajstić information content (AvgIpc) is 2.88. The van der Waals surface area contributed by atoms with Gasteiger partial charge in [-0.05, 0) is 38.8 Å². The first-order valence-corrected chi connectivity index (χ1v) is 7.59. The van der Waals surface area contributed by atoms with Gasteiger partial charge in [-0.15, -0.1) is 0 Å². The number of nitrogens with one attached hydrogen (secondary N) is 1. The Balaban J connectivity index is 1.77. The van der Waals surface area contributed by atoms with Crippen LogP contribution in [0.2, 0.25) is 0 Å². The van der Waals surface area contributed by atoms with E-state index in [0.717, 1.165) is 44.1 Å². The summed E-state index contributed by atoms with van der Waals surface area (Å²) < 4.78 is 7.82. The molecule has 0 amide bonds. The third-order valence-electron chi connectivity index (χ3n) is 4.16. The summed E-state index contributed by atoms with van der Waals surface area (Å²) in [5.41, 5.74) is 2.41. The van der Waals surface area contributed by atoms with Gasteiger partial charge >= 0.3 is 0 Å². The molecular weight excluding hydrogens is 262 g/mol. The second-order valence-corrected chi connectivity index (χ2v) is 6.04. The van der Waals surface area contributed by atoms with Gasteiger partial charge in [-0.2, -0.15) is 0 Å². The third kappa shape index (κ3) is 3.17. The minimum Gasteiger partial charge on any atom is -0.380 e. The van der Waals surface area contributed by atoms with Crippen molar-refractivity contribution in [1.82, 2.24) is 14.9 Å². The third-order valence-corrected chi connectivity index (χ3v) is 4.16. The summed E-state index contributed by atoms with van der Waals surface area (Å²) in [6.07, 6.45) is 4.24. The van der Waals surface area contributed by atoms with Crippen LogP contribution in [-0.2, 0) is 11.3 Å². The summed E-state index contributed by atoms with van der Waals surface area (Å²) in [6.45, 7) is 6.75. The SMILES string of the molecule is Cc1ncc(CNC2(C)CCCOC2)n1-c1ccccc1. The fraction of sp³-hybridized carbons (Fsp3) is 0.471. The number of aryl methyl sites for hydroxylation is 1. The Bertz CT molecular complexity index is 585. The first-order valence-electron chi connectivity index (χ1n) is 7.59. The Hall–Kier alpha value is -1.65. The Morgan fingerprint density at radius 3 is 2.86 bits per heavy atom. The molecule has 0 aliphatic carbocycles. The van der Waals surface area contributed by atoms with Crippen molar-refractivity contribution in [2.24, 2.45) is 0 Å². The molecule has 1 N–H and O–H groups in total. The van der Waals surface area contributed by atoms with Crippen molar-refractivity contribution in [3.8, 4) is 5.69 Å². The van der Waals surface area contributed by atoms with E-state index in [1.165, 1.54) is 5.69 Å². The average molecular weight is 285 g/mol. The van der Waals surface area contributed by atoms with Crippen LogP contribution in [-0.4, -0.2) is 28.3 Å². The predicted octanol–water partition coefficient (Wildman–Crippen LogP) is 2.84. The lowest BCUT2D eigenvalue weighted by molar-refractivity contribution is 0.0276. The fourth-order valence-electron chi connectivity index (χ4n) is 2.92. The Morgan fingerprint density at radius 1 is 1.33 bits per heavy atom. The maximum Gasteiger partial charge on any atom is 0.110 e. The second-order valence-electron chi connectivity index (χ2n) is 6.04. The van der Waals surface area contributed by atoms with E-state index < -0.39 is 0 Å². The molecule has 2 aromatic rings. The van der Waals surface area contributed by atoms with Gasteiger partial charge in [0, 0.05) is 24.4 Å². The van der Waals surface area contributed by atoms with Crippen LogP contribution in [0.15, 0.2) is 36.5 Å². The summed E-state index contributed by atoms with van der Waals surface area (Å²) in [4.78, 5) is 4.47. The lowest BCUT2D eigenvalue weighted by Crippen LogP contribution is -2.48. The Kier molecular flexibility index (Phi) is 4.08. The van der Waals surface area contributed by atoms with Crippen molar-refractivity contribution in [3.63, 3.8) is 0 Å². The quantitative estimate of drug-likeness (QED) is 0.939. The molecule has 3 rings (SSSR count). The predicted molar refractivity (Wildman–Crippen MR) is 83.6 cm³/mol. The molecule has 1 aliphatic rings. The molecule has 1 aromatic carbocycles. The molecular formula is C17H23N3O. The van der Waals surface area contributed by atoms with Crippen LogP contribution >= 0.6 is 0 Å². The lowest BCUT2D eigenvalue weighted by atomic mass is 9.95. The normalized spacial score (nSPS) is 22.4. The minimum absolute atomic E-state index is 0.0674.